The van der Waals surface area contributed by atoms with Crippen LogP contribution in [-0.4, -0.2) is 43.7 Å². The Morgan fingerprint density at radius 1 is 1.33 bits per heavy atom. The van der Waals surface area contributed by atoms with E-state index in [9.17, 15) is 9.59 Å². The van der Waals surface area contributed by atoms with Crippen molar-refractivity contribution in [1.82, 2.24) is 10.6 Å². The molecule has 1 aliphatic heterocycles. The Hall–Kier alpha value is -3.09. The molecule has 1 unspecified atom stereocenters. The first kappa shape index (κ1) is 18.7. The SMILES string of the molecule is COC(=O)C(Cc1ccc2ccccc2c1)NC(=O)[C@@H]1C[C@H](N=[N+]=[N-])CN1. The van der Waals surface area contributed by atoms with E-state index in [1.54, 1.807) is 0 Å². The maximum atomic E-state index is 12.5. The van der Waals surface area contributed by atoms with Gasteiger partial charge >= 0.3 is 5.97 Å². The van der Waals surface area contributed by atoms with Crippen molar-refractivity contribution >= 4 is 22.6 Å². The van der Waals surface area contributed by atoms with E-state index in [2.05, 4.69) is 20.7 Å². The fourth-order valence-electron chi connectivity index (χ4n) is 3.29. The highest BCUT2D eigenvalue weighted by molar-refractivity contribution is 5.88. The Morgan fingerprint density at radius 3 is 2.85 bits per heavy atom. The molecule has 0 aliphatic carbocycles. The van der Waals surface area contributed by atoms with Crippen molar-refractivity contribution in [3.8, 4) is 0 Å². The molecule has 0 bridgehead atoms. The second-order valence-electron chi connectivity index (χ2n) is 6.53. The number of ether oxygens (including phenoxy) is 1. The Morgan fingerprint density at radius 2 is 2.11 bits per heavy atom. The van der Waals surface area contributed by atoms with Crippen LogP contribution in [0.15, 0.2) is 47.6 Å². The number of methoxy groups -OCH3 is 1. The molecule has 1 aliphatic rings. The van der Waals surface area contributed by atoms with E-state index in [1.165, 1.54) is 7.11 Å². The number of rotatable bonds is 6. The normalized spacial score (nSPS) is 19.9. The highest BCUT2D eigenvalue weighted by Crippen LogP contribution is 2.17. The highest BCUT2D eigenvalue weighted by Gasteiger charge is 2.31. The van der Waals surface area contributed by atoms with Gasteiger partial charge in [-0.15, -0.1) is 0 Å². The fraction of sp³-hybridized carbons (Fsp3) is 0.368. The number of carbonyl (C=O) groups excluding carboxylic acids is 2. The summed E-state index contributed by atoms with van der Waals surface area (Å²) in [6.07, 6.45) is 0.732. The summed E-state index contributed by atoms with van der Waals surface area (Å²) in [5.74, 6) is -0.803. The molecular weight excluding hydrogens is 346 g/mol. The number of hydrogen-bond acceptors (Lipinski definition) is 5. The third-order valence-corrected chi connectivity index (χ3v) is 4.69. The van der Waals surface area contributed by atoms with E-state index in [1.807, 2.05) is 42.5 Å². The number of fused-ring (bicyclic) bond motifs is 1. The molecular formula is C19H21N5O3. The standard InChI is InChI=1S/C19H21N5O3/c1-27-19(26)17(22-18(25)16-10-15(11-21-16)23-24-20)9-12-6-7-13-4-2-3-5-14(13)8-12/h2-8,15-17,21H,9-11H2,1H3,(H,22,25)/t15-,16-,17?/m0/s1. The molecule has 0 aromatic heterocycles. The Kier molecular flexibility index (Phi) is 5.90. The molecule has 2 aromatic carbocycles. The van der Waals surface area contributed by atoms with Crippen LogP contribution in [0.2, 0.25) is 0 Å². The summed E-state index contributed by atoms with van der Waals surface area (Å²) in [6.45, 7) is 0.440. The summed E-state index contributed by atoms with van der Waals surface area (Å²) in [6, 6.07) is 12.3. The molecule has 2 N–H and O–H groups in total. The van der Waals surface area contributed by atoms with Crippen molar-refractivity contribution in [2.75, 3.05) is 13.7 Å². The van der Waals surface area contributed by atoms with Gasteiger partial charge in [0.2, 0.25) is 5.91 Å². The summed E-state index contributed by atoms with van der Waals surface area (Å²) in [5.41, 5.74) is 9.44. The maximum absolute atomic E-state index is 12.5. The zero-order valence-corrected chi connectivity index (χ0v) is 15.0. The van der Waals surface area contributed by atoms with Crippen LogP contribution in [0.4, 0.5) is 0 Å². The molecule has 27 heavy (non-hydrogen) atoms. The van der Waals surface area contributed by atoms with Crippen molar-refractivity contribution in [2.24, 2.45) is 5.11 Å². The lowest BCUT2D eigenvalue weighted by Crippen LogP contribution is -2.49. The van der Waals surface area contributed by atoms with E-state index in [0.29, 0.717) is 19.4 Å². The summed E-state index contributed by atoms with van der Waals surface area (Å²) in [5, 5.41) is 11.6. The monoisotopic (exact) mass is 367 g/mol. The van der Waals surface area contributed by atoms with Gasteiger partial charge in [-0.1, -0.05) is 47.6 Å². The molecule has 0 saturated carbocycles. The third kappa shape index (κ3) is 4.55. The number of nitrogens with one attached hydrogen (secondary N) is 2. The van der Waals surface area contributed by atoms with Gasteiger partial charge in [-0.2, -0.15) is 0 Å². The minimum atomic E-state index is -0.788. The summed E-state index contributed by atoms with van der Waals surface area (Å²) >= 11 is 0. The van der Waals surface area contributed by atoms with Gasteiger partial charge in [0.25, 0.3) is 0 Å². The second kappa shape index (κ2) is 8.53. The van der Waals surface area contributed by atoms with Gasteiger partial charge in [-0.25, -0.2) is 4.79 Å². The number of carbonyl (C=O) groups is 2. The minimum Gasteiger partial charge on any atom is -0.467 e. The molecule has 3 rings (SSSR count). The van der Waals surface area contributed by atoms with Gasteiger partial charge in [0.1, 0.15) is 6.04 Å². The number of nitrogens with zero attached hydrogens (tertiary/aromatic N) is 3. The van der Waals surface area contributed by atoms with Crippen LogP contribution in [0, 0.1) is 0 Å². The first-order valence-electron chi connectivity index (χ1n) is 8.74. The Labute approximate surface area is 156 Å². The Bertz CT molecular complexity index is 894. The molecule has 8 heteroatoms. The van der Waals surface area contributed by atoms with Gasteiger partial charge in [-0.05, 0) is 28.3 Å². The fourth-order valence-corrected chi connectivity index (χ4v) is 3.29. The molecule has 0 radical (unpaired) electrons. The van der Waals surface area contributed by atoms with Gasteiger partial charge in [0, 0.05) is 17.9 Å². The van der Waals surface area contributed by atoms with E-state index in [-0.39, 0.29) is 11.9 Å². The quantitative estimate of drug-likeness (QED) is 0.352. The predicted molar refractivity (Wildman–Crippen MR) is 101 cm³/mol. The van der Waals surface area contributed by atoms with Crippen molar-refractivity contribution < 1.29 is 14.3 Å². The van der Waals surface area contributed by atoms with Crippen LogP contribution in [-0.2, 0) is 20.7 Å². The molecule has 8 nitrogen and oxygen atoms in total. The lowest BCUT2D eigenvalue weighted by Gasteiger charge is -2.19. The number of esters is 1. The number of hydrogen-bond donors (Lipinski definition) is 2. The summed E-state index contributed by atoms with van der Waals surface area (Å²) in [7, 11) is 1.30. The predicted octanol–water partition coefficient (Wildman–Crippen LogP) is 2.08. The van der Waals surface area contributed by atoms with Crippen molar-refractivity contribution in [3.63, 3.8) is 0 Å². The Balaban J connectivity index is 1.70. The van der Waals surface area contributed by atoms with Crippen molar-refractivity contribution in [2.45, 2.75) is 31.0 Å². The minimum absolute atomic E-state index is 0.261. The van der Waals surface area contributed by atoms with Crippen molar-refractivity contribution in [3.05, 3.63) is 58.5 Å². The summed E-state index contributed by atoms with van der Waals surface area (Å²) in [4.78, 5) is 27.5. The van der Waals surface area contributed by atoms with Crippen LogP contribution >= 0.6 is 0 Å². The maximum Gasteiger partial charge on any atom is 0.328 e. The van der Waals surface area contributed by atoms with Crippen LogP contribution in [0.3, 0.4) is 0 Å². The van der Waals surface area contributed by atoms with Crippen LogP contribution < -0.4 is 10.6 Å². The second-order valence-corrected chi connectivity index (χ2v) is 6.53. The van der Waals surface area contributed by atoms with Crippen molar-refractivity contribution in [1.29, 1.82) is 0 Å². The van der Waals surface area contributed by atoms with E-state index < -0.39 is 18.1 Å². The number of azide groups is 1. The highest BCUT2D eigenvalue weighted by atomic mass is 16.5. The largest absolute Gasteiger partial charge is 0.467 e. The average molecular weight is 367 g/mol. The first-order valence-corrected chi connectivity index (χ1v) is 8.74. The van der Waals surface area contributed by atoms with Crippen LogP contribution in [0.5, 0.6) is 0 Å². The van der Waals surface area contributed by atoms with Gasteiger partial charge in [0.05, 0.1) is 19.2 Å². The average Bonchev–Trinajstić information content (AvgIpc) is 3.16. The number of benzene rings is 2. The zero-order chi connectivity index (χ0) is 19.2. The third-order valence-electron chi connectivity index (χ3n) is 4.69. The van der Waals surface area contributed by atoms with E-state index in [0.717, 1.165) is 16.3 Å². The molecule has 1 saturated heterocycles. The van der Waals surface area contributed by atoms with E-state index in [4.69, 9.17) is 10.3 Å². The van der Waals surface area contributed by atoms with Gasteiger partial charge < -0.3 is 15.4 Å². The molecule has 1 amide bonds. The molecule has 1 heterocycles. The molecule has 140 valence electrons. The lowest BCUT2D eigenvalue weighted by molar-refractivity contribution is -0.145. The molecule has 1 fully saturated rings. The summed E-state index contributed by atoms with van der Waals surface area (Å²) < 4.78 is 4.85. The topological polar surface area (TPSA) is 116 Å². The molecule has 0 spiro atoms. The van der Waals surface area contributed by atoms with Gasteiger partial charge in [0.15, 0.2) is 0 Å². The smallest absolute Gasteiger partial charge is 0.328 e. The first-order chi connectivity index (χ1) is 13.1. The molecule has 2 aromatic rings. The van der Waals surface area contributed by atoms with E-state index >= 15 is 0 Å². The lowest BCUT2D eigenvalue weighted by atomic mass is 10.0. The van der Waals surface area contributed by atoms with Gasteiger partial charge in [-0.3, -0.25) is 4.79 Å². The number of amides is 1. The molecule has 3 atom stereocenters. The van der Waals surface area contributed by atoms with Crippen LogP contribution in [0.25, 0.3) is 21.2 Å². The zero-order valence-electron chi connectivity index (χ0n) is 15.0. The van der Waals surface area contributed by atoms with Crippen LogP contribution in [0.1, 0.15) is 12.0 Å².